The number of hydrogen-bond acceptors (Lipinski definition) is 2. The number of halogens is 1. The number of carbonyl (C=O) groups excluding carboxylic acids is 1. The molecular weight excluding hydrogens is 196 g/mol. The maximum absolute atomic E-state index is 10.7. The van der Waals surface area contributed by atoms with Crippen LogP contribution < -0.4 is 0 Å². The zero-order chi connectivity index (χ0) is 7.56. The molecule has 1 amide bonds. The highest BCUT2D eigenvalue weighted by molar-refractivity contribution is 9.09. The smallest absolute Gasteiger partial charge is 0.324 e. The molecule has 0 N–H and O–H groups in total. The zero-order valence-electron chi connectivity index (χ0n) is 5.38. The fraction of sp³-hybridized carbons (Fsp3) is 0.667. The first-order valence-electron chi connectivity index (χ1n) is 3.07. The standard InChI is InChI=1S/C6H7BrN2O/c7-5-1-2-9(4-5)6(10)3-8/h5H,1-2,4H2. The summed E-state index contributed by atoms with van der Waals surface area (Å²) < 4.78 is 0. The molecule has 1 rings (SSSR count). The minimum atomic E-state index is -0.415. The van der Waals surface area contributed by atoms with Crippen molar-refractivity contribution in [3.63, 3.8) is 0 Å². The van der Waals surface area contributed by atoms with Crippen LogP contribution in [0, 0.1) is 11.3 Å². The number of carbonyl (C=O) groups is 1. The van der Waals surface area contributed by atoms with E-state index in [4.69, 9.17) is 5.26 Å². The number of nitrogens with zero attached hydrogens (tertiary/aromatic N) is 2. The minimum absolute atomic E-state index is 0.379. The topological polar surface area (TPSA) is 44.1 Å². The van der Waals surface area contributed by atoms with Crippen molar-refractivity contribution in [2.45, 2.75) is 11.2 Å². The van der Waals surface area contributed by atoms with Crippen LogP contribution >= 0.6 is 15.9 Å². The molecule has 1 aliphatic heterocycles. The number of likely N-dealkylation sites (tertiary alicyclic amines) is 1. The molecule has 0 saturated carbocycles. The van der Waals surface area contributed by atoms with Gasteiger partial charge in [0.25, 0.3) is 0 Å². The third kappa shape index (κ3) is 1.48. The Hall–Kier alpha value is -0.560. The van der Waals surface area contributed by atoms with E-state index in [-0.39, 0.29) is 0 Å². The fourth-order valence-electron chi connectivity index (χ4n) is 0.973. The van der Waals surface area contributed by atoms with Crippen LogP contribution in [0.5, 0.6) is 0 Å². The predicted molar refractivity (Wildman–Crippen MR) is 39.5 cm³/mol. The number of hydrogen-bond donors (Lipinski definition) is 0. The van der Waals surface area contributed by atoms with Crippen LogP contribution in [0.2, 0.25) is 0 Å². The Morgan fingerprint density at radius 3 is 2.90 bits per heavy atom. The molecule has 0 radical (unpaired) electrons. The van der Waals surface area contributed by atoms with Crippen LogP contribution in [-0.4, -0.2) is 28.7 Å². The maximum Gasteiger partial charge on any atom is 0.324 e. The van der Waals surface area contributed by atoms with Gasteiger partial charge < -0.3 is 4.90 Å². The van der Waals surface area contributed by atoms with E-state index in [1.54, 1.807) is 11.0 Å². The van der Waals surface area contributed by atoms with Crippen molar-refractivity contribution in [1.82, 2.24) is 4.90 Å². The van der Waals surface area contributed by atoms with Gasteiger partial charge in [-0.15, -0.1) is 0 Å². The first kappa shape index (κ1) is 7.55. The Morgan fingerprint density at radius 1 is 1.80 bits per heavy atom. The van der Waals surface area contributed by atoms with Gasteiger partial charge in [0, 0.05) is 17.9 Å². The Kier molecular flexibility index (Phi) is 2.28. The van der Waals surface area contributed by atoms with Crippen LogP contribution in [0.4, 0.5) is 0 Å². The first-order valence-corrected chi connectivity index (χ1v) is 3.98. The summed E-state index contributed by atoms with van der Waals surface area (Å²) in [6.07, 6.45) is 0.952. The highest BCUT2D eigenvalue weighted by atomic mass is 79.9. The summed E-state index contributed by atoms with van der Waals surface area (Å²) in [6.45, 7) is 1.38. The van der Waals surface area contributed by atoms with Crippen molar-refractivity contribution < 1.29 is 4.79 Å². The van der Waals surface area contributed by atoms with Crippen LogP contribution in [0.3, 0.4) is 0 Å². The monoisotopic (exact) mass is 202 g/mol. The fourth-order valence-corrected chi connectivity index (χ4v) is 1.53. The van der Waals surface area contributed by atoms with Gasteiger partial charge in [0.05, 0.1) is 0 Å². The molecule has 1 atom stereocenters. The highest BCUT2D eigenvalue weighted by Crippen LogP contribution is 2.15. The molecule has 54 valence electrons. The van der Waals surface area contributed by atoms with Gasteiger partial charge in [0.15, 0.2) is 6.07 Å². The third-order valence-electron chi connectivity index (χ3n) is 1.51. The zero-order valence-corrected chi connectivity index (χ0v) is 6.97. The van der Waals surface area contributed by atoms with Gasteiger partial charge in [-0.2, -0.15) is 5.26 Å². The van der Waals surface area contributed by atoms with Gasteiger partial charge in [0.2, 0.25) is 0 Å². The van der Waals surface area contributed by atoms with Gasteiger partial charge in [-0.3, -0.25) is 4.79 Å². The van der Waals surface area contributed by atoms with Gasteiger partial charge >= 0.3 is 5.91 Å². The lowest BCUT2D eigenvalue weighted by Crippen LogP contribution is -2.26. The van der Waals surface area contributed by atoms with Crippen molar-refractivity contribution in [1.29, 1.82) is 5.26 Å². The van der Waals surface area contributed by atoms with Gasteiger partial charge in [-0.05, 0) is 6.42 Å². The molecule has 1 aliphatic rings. The van der Waals surface area contributed by atoms with E-state index in [1.807, 2.05) is 0 Å². The minimum Gasteiger partial charge on any atom is -0.329 e. The first-order chi connectivity index (χ1) is 4.74. The molecule has 1 fully saturated rings. The van der Waals surface area contributed by atoms with E-state index in [2.05, 4.69) is 15.9 Å². The normalized spacial score (nSPS) is 24.4. The third-order valence-corrected chi connectivity index (χ3v) is 2.26. The van der Waals surface area contributed by atoms with Crippen molar-refractivity contribution in [2.75, 3.05) is 13.1 Å². The number of alkyl halides is 1. The second-order valence-corrected chi connectivity index (χ2v) is 3.54. The van der Waals surface area contributed by atoms with E-state index in [0.717, 1.165) is 6.42 Å². The van der Waals surface area contributed by atoms with E-state index in [9.17, 15) is 4.79 Å². The van der Waals surface area contributed by atoms with Crippen LogP contribution in [-0.2, 0) is 4.79 Å². The van der Waals surface area contributed by atoms with E-state index in [1.165, 1.54) is 0 Å². The maximum atomic E-state index is 10.7. The number of amides is 1. The number of nitriles is 1. The van der Waals surface area contributed by atoms with E-state index < -0.39 is 5.91 Å². The lowest BCUT2D eigenvalue weighted by Gasteiger charge is -2.08. The summed E-state index contributed by atoms with van der Waals surface area (Å²) in [5.74, 6) is -0.415. The number of rotatable bonds is 0. The molecule has 0 aromatic rings. The van der Waals surface area contributed by atoms with Gasteiger partial charge in [0.1, 0.15) is 0 Å². The largest absolute Gasteiger partial charge is 0.329 e. The van der Waals surface area contributed by atoms with E-state index >= 15 is 0 Å². The molecule has 0 aromatic carbocycles. The van der Waals surface area contributed by atoms with Crippen LogP contribution in [0.15, 0.2) is 0 Å². The van der Waals surface area contributed by atoms with Gasteiger partial charge in [-0.1, -0.05) is 15.9 Å². The van der Waals surface area contributed by atoms with Gasteiger partial charge in [-0.25, -0.2) is 0 Å². The Labute approximate surface area is 67.7 Å². The molecule has 1 unspecified atom stereocenters. The molecule has 0 aliphatic carbocycles. The average Bonchev–Trinajstić information content (AvgIpc) is 2.34. The molecule has 0 spiro atoms. The van der Waals surface area contributed by atoms with Crippen LogP contribution in [0.1, 0.15) is 6.42 Å². The van der Waals surface area contributed by atoms with Crippen molar-refractivity contribution in [3.05, 3.63) is 0 Å². The highest BCUT2D eigenvalue weighted by Gasteiger charge is 2.23. The van der Waals surface area contributed by atoms with Crippen molar-refractivity contribution in [3.8, 4) is 6.07 Å². The molecule has 0 bridgehead atoms. The molecule has 10 heavy (non-hydrogen) atoms. The molecule has 4 heteroatoms. The Morgan fingerprint density at radius 2 is 2.50 bits per heavy atom. The predicted octanol–water partition coefficient (Wildman–Crippen LogP) is 0.506. The molecule has 0 aromatic heterocycles. The SMILES string of the molecule is N#CC(=O)N1CCC(Br)C1. The molecule has 1 heterocycles. The van der Waals surface area contributed by atoms with Crippen molar-refractivity contribution in [2.24, 2.45) is 0 Å². The average molecular weight is 203 g/mol. The lowest BCUT2D eigenvalue weighted by molar-refractivity contribution is -0.124. The van der Waals surface area contributed by atoms with Crippen LogP contribution in [0.25, 0.3) is 0 Å². The summed E-state index contributed by atoms with van der Waals surface area (Å²) in [7, 11) is 0. The summed E-state index contributed by atoms with van der Waals surface area (Å²) in [4.78, 5) is 12.6. The summed E-state index contributed by atoms with van der Waals surface area (Å²) >= 11 is 3.37. The molecular formula is C6H7BrN2O. The molecule has 1 saturated heterocycles. The Bertz CT molecular complexity index is 187. The second-order valence-electron chi connectivity index (χ2n) is 2.25. The van der Waals surface area contributed by atoms with Crippen molar-refractivity contribution >= 4 is 21.8 Å². The summed E-state index contributed by atoms with van der Waals surface area (Å²) in [5.41, 5.74) is 0. The summed E-state index contributed by atoms with van der Waals surface area (Å²) in [6, 6.07) is 1.59. The summed E-state index contributed by atoms with van der Waals surface area (Å²) in [5, 5.41) is 8.22. The van der Waals surface area contributed by atoms with E-state index in [0.29, 0.717) is 17.9 Å². The quantitative estimate of drug-likeness (QED) is 0.425. The lowest BCUT2D eigenvalue weighted by atomic mass is 10.4. The Balaban J connectivity index is 2.47. The second kappa shape index (κ2) is 3.02. The molecule has 3 nitrogen and oxygen atoms in total.